The molecule has 0 aromatic heterocycles. The van der Waals surface area contributed by atoms with Gasteiger partial charge in [0, 0.05) is 11.6 Å². The van der Waals surface area contributed by atoms with Gasteiger partial charge in [-0.05, 0) is 42.3 Å². The quantitative estimate of drug-likeness (QED) is 0.241. The molecule has 36 heavy (non-hydrogen) atoms. The van der Waals surface area contributed by atoms with Crippen LogP contribution in [0.2, 0.25) is 0 Å². The van der Waals surface area contributed by atoms with Crippen LogP contribution in [-0.2, 0) is 22.6 Å². The van der Waals surface area contributed by atoms with Crippen molar-refractivity contribution in [1.29, 1.82) is 0 Å². The molecular formula is C26H26N4O6. The van der Waals surface area contributed by atoms with Crippen molar-refractivity contribution in [1.82, 2.24) is 10.7 Å². The zero-order chi connectivity index (χ0) is 25.9. The summed E-state index contributed by atoms with van der Waals surface area (Å²) >= 11 is 0. The van der Waals surface area contributed by atoms with Crippen molar-refractivity contribution in [2.45, 2.75) is 26.0 Å². The maximum Gasteiger partial charge on any atom is 0.311 e. The summed E-state index contributed by atoms with van der Waals surface area (Å²) in [5.74, 6) is -0.0529. The molecule has 1 unspecified atom stereocenters. The predicted molar refractivity (Wildman–Crippen MR) is 134 cm³/mol. The van der Waals surface area contributed by atoms with Crippen LogP contribution >= 0.6 is 0 Å². The van der Waals surface area contributed by atoms with Crippen molar-refractivity contribution in [3.63, 3.8) is 0 Å². The van der Waals surface area contributed by atoms with E-state index < -0.39 is 16.9 Å². The third-order valence-corrected chi connectivity index (χ3v) is 5.10. The number of ether oxygens (including phenoxy) is 2. The third kappa shape index (κ3) is 7.66. The Balaban J connectivity index is 1.53. The van der Waals surface area contributed by atoms with Gasteiger partial charge >= 0.3 is 5.69 Å². The van der Waals surface area contributed by atoms with Crippen LogP contribution in [0.4, 0.5) is 5.69 Å². The van der Waals surface area contributed by atoms with Crippen LogP contribution in [0.5, 0.6) is 11.5 Å². The number of hydrogen-bond donors (Lipinski definition) is 2. The van der Waals surface area contributed by atoms with E-state index in [1.807, 2.05) is 30.3 Å². The van der Waals surface area contributed by atoms with Crippen LogP contribution in [0.3, 0.4) is 0 Å². The molecule has 0 aliphatic rings. The number of nitrogens with zero attached hydrogens (tertiary/aromatic N) is 2. The van der Waals surface area contributed by atoms with Crippen molar-refractivity contribution in [2.75, 3.05) is 7.11 Å². The number of amides is 2. The van der Waals surface area contributed by atoms with E-state index in [0.717, 1.165) is 11.1 Å². The van der Waals surface area contributed by atoms with E-state index in [4.69, 9.17) is 9.47 Å². The summed E-state index contributed by atoms with van der Waals surface area (Å²) in [6.45, 7) is 1.72. The second-order valence-electron chi connectivity index (χ2n) is 7.81. The summed E-state index contributed by atoms with van der Waals surface area (Å²) in [7, 11) is 1.56. The van der Waals surface area contributed by atoms with Gasteiger partial charge in [0.1, 0.15) is 18.4 Å². The van der Waals surface area contributed by atoms with Gasteiger partial charge in [0.15, 0.2) is 5.75 Å². The molecule has 0 heterocycles. The summed E-state index contributed by atoms with van der Waals surface area (Å²) in [5, 5.41) is 17.9. The van der Waals surface area contributed by atoms with Crippen LogP contribution in [0, 0.1) is 10.1 Å². The molecule has 0 bridgehead atoms. The minimum absolute atomic E-state index is 0.104. The molecule has 1 atom stereocenters. The Labute approximate surface area is 208 Å². The number of hydrogen-bond acceptors (Lipinski definition) is 7. The van der Waals surface area contributed by atoms with Gasteiger partial charge in [0.2, 0.25) is 5.91 Å². The second kappa shape index (κ2) is 12.7. The van der Waals surface area contributed by atoms with E-state index in [9.17, 15) is 19.7 Å². The molecule has 0 aliphatic carbocycles. The molecule has 0 aliphatic heterocycles. The van der Waals surface area contributed by atoms with E-state index in [1.54, 1.807) is 37.4 Å². The molecule has 3 aromatic rings. The van der Waals surface area contributed by atoms with Crippen molar-refractivity contribution in [3.05, 3.63) is 99.6 Å². The molecule has 0 saturated carbocycles. The summed E-state index contributed by atoms with van der Waals surface area (Å²) in [5.41, 5.74) is 4.15. The first-order valence-electron chi connectivity index (χ1n) is 11.1. The highest BCUT2D eigenvalue weighted by atomic mass is 16.6. The van der Waals surface area contributed by atoms with Crippen LogP contribution in [0.25, 0.3) is 0 Å². The molecule has 0 radical (unpaired) electrons. The van der Waals surface area contributed by atoms with Crippen molar-refractivity contribution >= 4 is 23.7 Å². The highest BCUT2D eigenvalue weighted by Gasteiger charge is 2.17. The molecule has 186 valence electrons. The monoisotopic (exact) mass is 490 g/mol. The van der Waals surface area contributed by atoms with Crippen LogP contribution in [0.15, 0.2) is 77.9 Å². The number of nitrogens with one attached hydrogen (secondary N) is 2. The Morgan fingerprint density at radius 1 is 1.06 bits per heavy atom. The lowest BCUT2D eigenvalue weighted by molar-refractivity contribution is -0.385. The van der Waals surface area contributed by atoms with Gasteiger partial charge in [-0.25, -0.2) is 5.43 Å². The number of carbonyl (C=O) groups excluding carboxylic acids is 2. The third-order valence-electron chi connectivity index (χ3n) is 5.10. The highest BCUT2D eigenvalue weighted by molar-refractivity contribution is 5.89. The maximum absolute atomic E-state index is 12.3. The van der Waals surface area contributed by atoms with Crippen molar-refractivity contribution < 1.29 is 24.0 Å². The van der Waals surface area contributed by atoms with Crippen molar-refractivity contribution in [3.8, 4) is 11.5 Å². The molecule has 10 heteroatoms. The lowest BCUT2D eigenvalue weighted by Crippen LogP contribution is -2.43. The predicted octanol–water partition coefficient (Wildman–Crippen LogP) is 3.38. The first-order chi connectivity index (χ1) is 17.4. The summed E-state index contributed by atoms with van der Waals surface area (Å²) in [4.78, 5) is 35.4. The lowest BCUT2D eigenvalue weighted by Gasteiger charge is -2.12. The van der Waals surface area contributed by atoms with E-state index >= 15 is 0 Å². The van der Waals surface area contributed by atoms with E-state index in [1.165, 1.54) is 25.3 Å². The van der Waals surface area contributed by atoms with Gasteiger partial charge in [0.05, 0.1) is 24.7 Å². The highest BCUT2D eigenvalue weighted by Crippen LogP contribution is 2.28. The number of nitro groups is 1. The Kier molecular flexibility index (Phi) is 9.10. The fourth-order valence-electron chi connectivity index (χ4n) is 3.17. The molecule has 10 nitrogen and oxygen atoms in total. The van der Waals surface area contributed by atoms with E-state index in [2.05, 4.69) is 15.8 Å². The average molecular weight is 491 g/mol. The van der Waals surface area contributed by atoms with Gasteiger partial charge in [-0.2, -0.15) is 5.10 Å². The number of nitro benzene ring substituents is 1. The minimum Gasteiger partial charge on any atom is -0.497 e. The minimum atomic E-state index is -0.837. The summed E-state index contributed by atoms with van der Waals surface area (Å²) in [6.07, 6.45) is 1.38. The van der Waals surface area contributed by atoms with Gasteiger partial charge in [-0.1, -0.05) is 42.5 Å². The number of benzene rings is 3. The lowest BCUT2D eigenvalue weighted by atomic mass is 10.1. The largest absolute Gasteiger partial charge is 0.497 e. The van der Waals surface area contributed by atoms with Crippen molar-refractivity contribution in [2.24, 2.45) is 5.10 Å². The smallest absolute Gasteiger partial charge is 0.311 e. The molecule has 2 amide bonds. The zero-order valence-electron chi connectivity index (χ0n) is 19.8. The first kappa shape index (κ1) is 25.9. The van der Waals surface area contributed by atoms with Crippen LogP contribution in [0.1, 0.15) is 23.6 Å². The Bertz CT molecular complexity index is 1230. The number of hydrazone groups is 1. The maximum atomic E-state index is 12.3. The normalized spacial score (nSPS) is 11.5. The van der Waals surface area contributed by atoms with Gasteiger partial charge in [0.25, 0.3) is 5.91 Å². The number of carbonyl (C=O) groups is 2. The standard InChI is InChI=1S/C26H26N4O6/c1-18(28-25(31)15-19-8-11-22(35-2)12-9-19)26(32)29-27-16-21-10-13-24(23(14-21)30(33)34)36-17-20-6-4-3-5-7-20/h3-14,16,18H,15,17H2,1-2H3,(H,28,31)(H,29,32). The Morgan fingerprint density at radius 3 is 2.44 bits per heavy atom. The molecule has 0 spiro atoms. The Morgan fingerprint density at radius 2 is 1.78 bits per heavy atom. The fraction of sp³-hybridized carbons (Fsp3) is 0.192. The molecule has 0 saturated heterocycles. The zero-order valence-corrected chi connectivity index (χ0v) is 19.8. The van der Waals surface area contributed by atoms with Gasteiger partial charge in [-0.3, -0.25) is 19.7 Å². The number of methoxy groups -OCH3 is 1. The van der Waals surface area contributed by atoms with E-state index in [0.29, 0.717) is 11.3 Å². The first-order valence-corrected chi connectivity index (χ1v) is 11.1. The fourth-order valence-corrected chi connectivity index (χ4v) is 3.17. The molecular weight excluding hydrogens is 464 g/mol. The molecule has 2 N–H and O–H groups in total. The SMILES string of the molecule is COc1ccc(CC(=O)NC(C)C(=O)NN=Cc2ccc(OCc3ccccc3)c([N+](=O)[O-])c2)cc1. The topological polar surface area (TPSA) is 132 Å². The van der Waals surface area contributed by atoms with Crippen LogP contribution in [-0.4, -0.2) is 36.1 Å². The summed E-state index contributed by atoms with van der Waals surface area (Å²) < 4.78 is 10.7. The molecule has 3 aromatic carbocycles. The Hall–Kier alpha value is -4.73. The molecule has 3 rings (SSSR count). The van der Waals surface area contributed by atoms with Gasteiger partial charge < -0.3 is 14.8 Å². The average Bonchev–Trinajstić information content (AvgIpc) is 2.88. The second-order valence-corrected chi connectivity index (χ2v) is 7.81. The van der Waals surface area contributed by atoms with Gasteiger partial charge in [-0.15, -0.1) is 0 Å². The number of rotatable bonds is 11. The van der Waals surface area contributed by atoms with E-state index in [-0.39, 0.29) is 30.4 Å². The molecule has 0 fully saturated rings. The summed E-state index contributed by atoms with van der Waals surface area (Å²) in [6, 6.07) is 19.9. The van der Waals surface area contributed by atoms with Crippen LogP contribution < -0.4 is 20.2 Å².